The van der Waals surface area contributed by atoms with Gasteiger partial charge in [-0.1, -0.05) is 68.7 Å². The molecule has 45 heavy (non-hydrogen) atoms. The third-order valence-electron chi connectivity index (χ3n) is 6.54. The Morgan fingerprint density at radius 1 is 1.09 bits per heavy atom. The summed E-state index contributed by atoms with van der Waals surface area (Å²) in [5, 5.41) is 4.09. The topological polar surface area (TPSA) is 116 Å². The van der Waals surface area contributed by atoms with Crippen LogP contribution in [0.25, 0.3) is 11.3 Å². The number of methoxy groups -OCH3 is 1. The Hall–Kier alpha value is -4.39. The summed E-state index contributed by atoms with van der Waals surface area (Å²) in [5.74, 6) is 1.23. The molecule has 12 heteroatoms. The summed E-state index contributed by atoms with van der Waals surface area (Å²) in [6.07, 6.45) is 4.54. The zero-order valence-electron chi connectivity index (χ0n) is 26.7. The lowest BCUT2D eigenvalue weighted by atomic mass is 10.1. The van der Waals surface area contributed by atoms with E-state index >= 15 is 0 Å². The van der Waals surface area contributed by atoms with Gasteiger partial charge in [-0.3, -0.25) is 5.32 Å². The Morgan fingerprint density at radius 3 is 2.56 bits per heavy atom. The molecule has 11 nitrogen and oxygen atoms in total. The minimum absolute atomic E-state index is 0.157. The zero-order chi connectivity index (χ0) is 32.7. The van der Waals surface area contributed by atoms with E-state index in [0.717, 1.165) is 17.2 Å². The molecule has 0 unspecified atom stereocenters. The van der Waals surface area contributed by atoms with Gasteiger partial charge in [-0.2, -0.15) is 0 Å². The molecule has 2 N–H and O–H groups in total. The fourth-order valence-corrected chi connectivity index (χ4v) is 4.86. The molecule has 0 aliphatic rings. The first-order valence-electron chi connectivity index (χ1n) is 14.8. The van der Waals surface area contributed by atoms with Crippen LogP contribution in [-0.4, -0.2) is 68.2 Å². The first-order valence-corrected chi connectivity index (χ1v) is 18.5. The van der Waals surface area contributed by atoms with E-state index in [-0.39, 0.29) is 19.8 Å². The predicted molar refractivity (Wildman–Crippen MR) is 179 cm³/mol. The van der Waals surface area contributed by atoms with E-state index in [1.54, 1.807) is 24.3 Å². The van der Waals surface area contributed by atoms with Gasteiger partial charge in [0, 0.05) is 57.7 Å². The average molecular weight is 636 g/mol. The lowest BCUT2D eigenvalue weighted by Crippen LogP contribution is -2.44. The van der Waals surface area contributed by atoms with Gasteiger partial charge in [-0.05, 0) is 23.7 Å². The molecule has 1 heterocycles. The number of rotatable bonds is 18. The number of carbonyl (C=O) groups is 2. The highest BCUT2D eigenvalue weighted by Crippen LogP contribution is 2.33. The zero-order valence-corrected chi connectivity index (χ0v) is 27.7. The van der Waals surface area contributed by atoms with Crippen molar-refractivity contribution in [1.29, 1.82) is 0 Å². The molecule has 0 saturated carbocycles. The van der Waals surface area contributed by atoms with Gasteiger partial charge in [-0.15, -0.1) is 6.58 Å². The number of nitrogens with zero attached hydrogens (tertiary/aromatic N) is 3. The fraction of sp³-hybridized carbons (Fsp3) is 0.364. The summed E-state index contributed by atoms with van der Waals surface area (Å²) < 4.78 is 24.3. The third-order valence-corrected chi connectivity index (χ3v) is 8.25. The van der Waals surface area contributed by atoms with Gasteiger partial charge in [0.2, 0.25) is 0 Å². The summed E-state index contributed by atoms with van der Waals surface area (Å²) in [5.41, 5.74) is 5.84. The number of hydrogen-bond donors (Lipinski definition) is 2. The summed E-state index contributed by atoms with van der Waals surface area (Å²) in [4.78, 5) is 29.8. The standard InChI is InChI=1S/C33H45N5O6Si/c1-7-17-34-38(33(40)44-24-26-12-10-9-11-13-26)18-16-31-36-29(23-37(31)25-42-20-21-45(4,5)6)28-15-14-27(35-32(39)41-3)22-30(28)43-19-8-2/h7-15,22-23,34H,1-2,16-21,24-25H2,3-6H3,(H,35,39). The number of hydrogen-bond acceptors (Lipinski definition) is 8. The molecule has 0 bridgehead atoms. The highest BCUT2D eigenvalue weighted by Gasteiger charge is 2.20. The Bertz CT molecular complexity index is 1410. The normalized spacial score (nSPS) is 11.0. The van der Waals surface area contributed by atoms with E-state index in [2.05, 4.69) is 43.5 Å². The molecule has 0 spiro atoms. The Labute approximate surface area is 266 Å². The van der Waals surface area contributed by atoms with Crippen LogP contribution in [0.1, 0.15) is 11.4 Å². The molecule has 0 saturated heterocycles. The van der Waals surface area contributed by atoms with Crippen molar-refractivity contribution in [1.82, 2.24) is 20.0 Å². The van der Waals surface area contributed by atoms with Crippen LogP contribution in [0.5, 0.6) is 5.75 Å². The van der Waals surface area contributed by atoms with Gasteiger partial charge in [0.25, 0.3) is 0 Å². The van der Waals surface area contributed by atoms with Gasteiger partial charge in [0.05, 0.1) is 12.8 Å². The summed E-state index contributed by atoms with van der Waals surface area (Å²) in [7, 11) is 0.0286. The Morgan fingerprint density at radius 2 is 1.87 bits per heavy atom. The second-order valence-corrected chi connectivity index (χ2v) is 17.0. The van der Waals surface area contributed by atoms with Crippen molar-refractivity contribution in [3.63, 3.8) is 0 Å². The maximum atomic E-state index is 13.0. The molecule has 1 aromatic heterocycles. The fourth-order valence-electron chi connectivity index (χ4n) is 4.10. The largest absolute Gasteiger partial charge is 0.489 e. The van der Waals surface area contributed by atoms with Crippen LogP contribution in [0, 0.1) is 0 Å². The maximum absolute atomic E-state index is 13.0. The molecule has 2 aromatic carbocycles. The van der Waals surface area contributed by atoms with Crippen LogP contribution in [0.4, 0.5) is 15.3 Å². The second-order valence-electron chi connectivity index (χ2n) is 11.4. The van der Waals surface area contributed by atoms with Crippen LogP contribution in [0.2, 0.25) is 25.7 Å². The van der Waals surface area contributed by atoms with Gasteiger partial charge in [0.1, 0.15) is 31.5 Å². The number of nitrogens with one attached hydrogen (secondary N) is 2. The number of hydrazine groups is 1. The first kappa shape index (κ1) is 35.1. The quantitative estimate of drug-likeness (QED) is 0.0707. The van der Waals surface area contributed by atoms with Crippen LogP contribution < -0.4 is 15.5 Å². The van der Waals surface area contributed by atoms with E-state index in [0.29, 0.717) is 49.3 Å². The number of carbonyl (C=O) groups excluding carboxylic acids is 2. The van der Waals surface area contributed by atoms with Crippen molar-refractivity contribution in [2.75, 3.05) is 38.7 Å². The number of aromatic nitrogens is 2. The number of amides is 2. The van der Waals surface area contributed by atoms with Crippen LogP contribution in [0.3, 0.4) is 0 Å². The van der Waals surface area contributed by atoms with Crippen LogP contribution in [0.15, 0.2) is 80.0 Å². The highest BCUT2D eigenvalue weighted by atomic mass is 28.3. The molecule has 0 atom stereocenters. The summed E-state index contributed by atoms with van der Waals surface area (Å²) in [6.45, 7) is 16.4. The van der Waals surface area contributed by atoms with Crippen molar-refractivity contribution in [3.8, 4) is 17.0 Å². The molecular weight excluding hydrogens is 590 g/mol. The monoisotopic (exact) mass is 635 g/mol. The number of imidazole rings is 1. The van der Waals surface area contributed by atoms with Crippen molar-refractivity contribution >= 4 is 25.9 Å². The molecule has 2 amide bonds. The number of ether oxygens (including phenoxy) is 4. The van der Waals surface area contributed by atoms with Crippen molar-refractivity contribution in [2.45, 2.75) is 45.4 Å². The van der Waals surface area contributed by atoms with Gasteiger partial charge >= 0.3 is 12.2 Å². The van der Waals surface area contributed by atoms with E-state index < -0.39 is 20.3 Å². The third kappa shape index (κ3) is 11.9. The van der Waals surface area contributed by atoms with Gasteiger partial charge < -0.3 is 23.5 Å². The minimum atomic E-state index is -1.27. The molecule has 3 rings (SSSR count). The van der Waals surface area contributed by atoms with Crippen molar-refractivity contribution in [3.05, 3.63) is 91.4 Å². The summed E-state index contributed by atoms with van der Waals surface area (Å²) in [6, 6.07) is 15.8. The second kappa shape index (κ2) is 17.8. The molecule has 0 radical (unpaired) electrons. The smallest absolute Gasteiger partial charge is 0.424 e. The van der Waals surface area contributed by atoms with E-state index in [9.17, 15) is 9.59 Å². The number of benzene rings is 2. The Balaban J connectivity index is 1.86. The van der Waals surface area contributed by atoms with E-state index in [1.165, 1.54) is 12.1 Å². The van der Waals surface area contributed by atoms with Crippen molar-refractivity contribution in [2.24, 2.45) is 0 Å². The molecule has 0 aliphatic heterocycles. The molecular formula is C33H45N5O6Si. The van der Waals surface area contributed by atoms with E-state index in [1.807, 2.05) is 47.2 Å². The van der Waals surface area contributed by atoms with Crippen molar-refractivity contribution < 1.29 is 28.5 Å². The van der Waals surface area contributed by atoms with Gasteiger partial charge in [-0.25, -0.2) is 25.0 Å². The number of anilines is 1. The molecule has 0 aliphatic carbocycles. The predicted octanol–water partition coefficient (Wildman–Crippen LogP) is 6.48. The lowest BCUT2D eigenvalue weighted by Gasteiger charge is -2.22. The highest BCUT2D eigenvalue weighted by molar-refractivity contribution is 6.76. The SMILES string of the molecule is C=CCNN(CCc1nc(-c2ccc(NC(=O)OC)cc2OCC=C)cn1COCC[Si](C)(C)C)C(=O)OCc1ccccc1. The summed E-state index contributed by atoms with van der Waals surface area (Å²) >= 11 is 0. The van der Waals surface area contributed by atoms with E-state index in [4.69, 9.17) is 23.9 Å². The lowest BCUT2D eigenvalue weighted by molar-refractivity contribution is 0.0761. The van der Waals surface area contributed by atoms with Gasteiger partial charge in [0.15, 0.2) is 0 Å². The average Bonchev–Trinajstić information content (AvgIpc) is 3.43. The van der Waals surface area contributed by atoms with Crippen LogP contribution >= 0.6 is 0 Å². The van der Waals surface area contributed by atoms with Crippen LogP contribution in [-0.2, 0) is 34.0 Å². The molecule has 242 valence electrons. The first-order chi connectivity index (χ1) is 21.6. The Kier molecular flexibility index (Phi) is 13.9. The minimum Gasteiger partial charge on any atom is -0.489 e. The molecule has 3 aromatic rings. The maximum Gasteiger partial charge on any atom is 0.424 e. The molecule has 0 fully saturated rings.